The van der Waals surface area contributed by atoms with E-state index in [1.54, 1.807) is 78.0 Å². The Morgan fingerprint density at radius 2 is 0.855 bits per heavy atom. The molecule has 0 radical (unpaired) electrons. The Balaban J connectivity index is 1.26. The number of esters is 1. The van der Waals surface area contributed by atoms with Gasteiger partial charge in [0.05, 0.1) is 59.9 Å². The molecule has 0 saturated heterocycles. The minimum Gasteiger partial charge on any atom is -0.496 e. The smallest absolute Gasteiger partial charge is 0.343 e. The van der Waals surface area contributed by atoms with E-state index in [0.29, 0.717) is 93.4 Å². The third-order valence-corrected chi connectivity index (χ3v) is 18.7. The van der Waals surface area contributed by atoms with E-state index < -0.39 is 14.3 Å². The van der Waals surface area contributed by atoms with Crippen LogP contribution in [0.4, 0.5) is 0 Å². The molecule has 0 atom stereocenters. The lowest BCUT2D eigenvalue weighted by Gasteiger charge is -2.43. The Kier molecular flexibility index (Phi) is 23.3. The van der Waals surface area contributed by atoms with Crippen LogP contribution in [0.3, 0.4) is 0 Å². The molecule has 83 heavy (non-hydrogen) atoms. The summed E-state index contributed by atoms with van der Waals surface area (Å²) in [4.78, 5) is 13.1. The first-order chi connectivity index (χ1) is 40.4. The van der Waals surface area contributed by atoms with Crippen molar-refractivity contribution in [1.29, 1.82) is 10.5 Å². The molecular weight excluding hydrogens is 1070 g/mol. The van der Waals surface area contributed by atoms with Gasteiger partial charge in [0.1, 0.15) is 58.1 Å². The van der Waals surface area contributed by atoms with Crippen LogP contribution in [0.25, 0.3) is 0 Å². The molecule has 0 spiro atoms. The number of carbonyl (C=O) groups is 1. The highest BCUT2D eigenvalue weighted by atomic mass is 28.4. The third-order valence-electron chi connectivity index (χ3n) is 13.7. The van der Waals surface area contributed by atoms with Crippen LogP contribution in [-0.4, -0.2) is 103 Å². The van der Waals surface area contributed by atoms with Crippen molar-refractivity contribution in [1.82, 2.24) is 0 Å². The first-order valence-electron chi connectivity index (χ1n) is 27.0. The summed E-state index contributed by atoms with van der Waals surface area (Å²) in [5.41, 5.74) is 5.35. The summed E-state index contributed by atoms with van der Waals surface area (Å²) in [5, 5.41) is 21.3. The highest BCUT2D eigenvalue weighted by Gasteiger charge is 2.50. The van der Waals surface area contributed by atoms with Crippen molar-refractivity contribution in [3.05, 3.63) is 190 Å². The molecule has 16 nitrogen and oxygen atoms in total. The minimum atomic E-state index is -2.99. The molecule has 0 aromatic heterocycles. The van der Waals surface area contributed by atoms with Crippen LogP contribution >= 0.6 is 0 Å². The molecule has 0 N–H and O–H groups in total. The Morgan fingerprint density at radius 3 is 1.30 bits per heavy atom. The van der Waals surface area contributed by atoms with Crippen molar-refractivity contribution in [2.24, 2.45) is 0 Å². The van der Waals surface area contributed by atoms with E-state index in [4.69, 9.17) is 61.3 Å². The number of hydrogen-bond acceptors (Lipinski definition) is 16. The molecule has 0 aliphatic rings. The van der Waals surface area contributed by atoms with Crippen LogP contribution in [0.5, 0.6) is 46.0 Å². The van der Waals surface area contributed by atoms with E-state index in [2.05, 4.69) is 75.4 Å². The lowest BCUT2D eigenvalue weighted by Crippen LogP contribution is -2.66. The van der Waals surface area contributed by atoms with Gasteiger partial charge in [-0.25, -0.2) is 4.79 Å². The highest BCUT2D eigenvalue weighted by Crippen LogP contribution is 2.42. The molecule has 0 fully saturated rings. The number of nitrogens with zero attached hydrogens (tertiary/aromatic N) is 2. The molecule has 17 heteroatoms. The molecule has 0 amide bonds. The highest BCUT2D eigenvalue weighted by molar-refractivity contribution is 6.99. The maximum atomic E-state index is 13.1. The number of ether oxygens (including phenoxy) is 12. The average molecular weight is 1150 g/mol. The zero-order chi connectivity index (χ0) is 59.0. The standard InChI is InChI=1S/C66H72N2O14Si/c1-66(2,3)83(56-20-14-10-15-21-56,57-22-16-11-17-23-57)81-44-54-43-61(74-8)51(42-64(54)80-46-76-33-31-71-5)35-52-38-59(72-6)50(40-62(52)78-29-27-68)36-53-39-60(73-7)49(41-63(53)79-45-75-32-30-70-4)34-48-37-55(24-25-58(48)77-28-26-67)82-65(69)47-18-12-9-13-19-47/h9-25,37-43H,28-36,44-46H2,1-8H3. The second-order valence-corrected chi connectivity index (χ2v) is 24.3. The zero-order valence-corrected chi connectivity index (χ0v) is 49.5. The number of rotatable bonds is 32. The van der Waals surface area contributed by atoms with Crippen molar-refractivity contribution in [2.45, 2.75) is 51.7 Å². The maximum absolute atomic E-state index is 13.1. The third kappa shape index (κ3) is 16.4. The first-order valence-corrected chi connectivity index (χ1v) is 28.9. The Morgan fingerprint density at radius 1 is 0.458 bits per heavy atom. The molecule has 0 saturated carbocycles. The maximum Gasteiger partial charge on any atom is 0.343 e. The van der Waals surface area contributed by atoms with Gasteiger partial charge >= 0.3 is 5.97 Å². The Labute approximate surface area is 487 Å². The topological polar surface area (TPSA) is 185 Å². The van der Waals surface area contributed by atoms with Crippen LogP contribution in [-0.2, 0) is 49.2 Å². The summed E-state index contributed by atoms with van der Waals surface area (Å²) in [5.74, 6) is 3.26. The summed E-state index contributed by atoms with van der Waals surface area (Å²) < 4.78 is 78.5. The number of nitriles is 2. The fourth-order valence-electron chi connectivity index (χ4n) is 9.74. The molecule has 7 aromatic carbocycles. The molecule has 0 unspecified atom stereocenters. The van der Waals surface area contributed by atoms with Gasteiger partial charge in [-0.1, -0.05) is 99.6 Å². The zero-order valence-electron chi connectivity index (χ0n) is 48.5. The fraction of sp³-hybridized carbons (Fsp3) is 0.318. The van der Waals surface area contributed by atoms with Crippen LogP contribution in [0.1, 0.15) is 70.1 Å². The number of hydrogen-bond donors (Lipinski definition) is 0. The van der Waals surface area contributed by atoms with Gasteiger partial charge in [-0.15, -0.1) is 0 Å². The van der Waals surface area contributed by atoms with Crippen molar-refractivity contribution >= 4 is 24.7 Å². The quantitative estimate of drug-likeness (QED) is 0.0127. The van der Waals surface area contributed by atoms with Gasteiger partial charge in [-0.05, 0) is 82.1 Å². The number of methoxy groups -OCH3 is 5. The molecule has 0 aliphatic heterocycles. The summed E-state index contributed by atoms with van der Waals surface area (Å²) in [6, 6.07) is 50.1. The number of carbonyl (C=O) groups excluding carboxylic acids is 1. The van der Waals surface area contributed by atoms with Crippen LogP contribution < -0.4 is 48.3 Å². The second-order valence-electron chi connectivity index (χ2n) is 20.0. The van der Waals surface area contributed by atoms with E-state index in [1.807, 2.05) is 60.7 Å². The Bertz CT molecular complexity index is 3250. The molecular formula is C66H72N2O14Si. The second kappa shape index (κ2) is 31.2. The van der Waals surface area contributed by atoms with Crippen molar-refractivity contribution in [2.75, 3.05) is 88.8 Å². The summed E-state index contributed by atoms with van der Waals surface area (Å²) >= 11 is 0. The largest absolute Gasteiger partial charge is 0.496 e. The lowest BCUT2D eigenvalue weighted by atomic mass is 9.95. The van der Waals surface area contributed by atoms with Crippen LogP contribution in [0, 0.1) is 22.7 Å². The molecule has 7 aromatic rings. The van der Waals surface area contributed by atoms with Crippen LogP contribution in [0.15, 0.2) is 146 Å². The predicted octanol–water partition coefficient (Wildman–Crippen LogP) is 10.6. The lowest BCUT2D eigenvalue weighted by molar-refractivity contribution is -0.00929. The SMILES string of the molecule is COCCOCOc1cc(Cc2cc(OC)c(Cc3cc(OC)c(Cc4cc(OC(=O)c5ccccc5)ccc4OCC#N)cc3OCOCCOC)cc2OCC#N)c(OC)cc1CO[Si](c1ccccc1)(c1ccccc1)C(C)(C)C. The van der Waals surface area contributed by atoms with Crippen LogP contribution in [0.2, 0.25) is 5.04 Å². The fourth-order valence-corrected chi connectivity index (χ4v) is 14.3. The Hall–Kier alpha value is -8.39. The average Bonchev–Trinajstić information content (AvgIpc) is 3.64. The molecule has 0 heterocycles. The first kappa shape index (κ1) is 62.2. The van der Waals surface area contributed by atoms with Gasteiger partial charge in [-0.3, -0.25) is 0 Å². The molecule has 7 rings (SSSR count). The van der Waals surface area contributed by atoms with E-state index in [0.717, 1.165) is 21.5 Å². The monoisotopic (exact) mass is 1140 g/mol. The molecule has 434 valence electrons. The number of benzene rings is 7. The van der Waals surface area contributed by atoms with Crippen molar-refractivity contribution in [3.8, 4) is 58.1 Å². The van der Waals surface area contributed by atoms with Gasteiger partial charge in [0.15, 0.2) is 26.8 Å². The minimum absolute atomic E-state index is 0.0472. The summed E-state index contributed by atoms with van der Waals surface area (Å²) in [7, 11) is 5.01. The van der Waals surface area contributed by atoms with Gasteiger partial charge in [0.25, 0.3) is 8.32 Å². The van der Waals surface area contributed by atoms with E-state index >= 15 is 0 Å². The normalized spacial score (nSPS) is 11.3. The van der Waals surface area contributed by atoms with E-state index in [1.165, 1.54) is 0 Å². The van der Waals surface area contributed by atoms with Crippen molar-refractivity contribution in [3.63, 3.8) is 0 Å². The van der Waals surface area contributed by atoms with Crippen molar-refractivity contribution < 1.29 is 66.1 Å². The van der Waals surface area contributed by atoms with E-state index in [-0.39, 0.29) is 70.1 Å². The van der Waals surface area contributed by atoms with E-state index in [9.17, 15) is 15.3 Å². The summed E-state index contributed by atoms with van der Waals surface area (Å²) in [6.45, 7) is 7.69. The molecule has 0 bridgehead atoms. The summed E-state index contributed by atoms with van der Waals surface area (Å²) in [6.07, 6.45) is 0.750. The predicted molar refractivity (Wildman–Crippen MR) is 317 cm³/mol. The van der Waals surface area contributed by atoms with Gasteiger partial charge in [0, 0.05) is 72.4 Å². The molecule has 0 aliphatic carbocycles. The van der Waals surface area contributed by atoms with Gasteiger partial charge < -0.3 is 61.3 Å². The van der Waals surface area contributed by atoms with Gasteiger partial charge in [0.2, 0.25) is 0 Å². The van der Waals surface area contributed by atoms with Gasteiger partial charge in [-0.2, -0.15) is 10.5 Å².